The summed E-state index contributed by atoms with van der Waals surface area (Å²) in [6.07, 6.45) is 3.01. The van der Waals surface area contributed by atoms with Gasteiger partial charge < -0.3 is 9.30 Å². The minimum absolute atomic E-state index is 0.0582. The van der Waals surface area contributed by atoms with Crippen LogP contribution in [0.5, 0.6) is 0 Å². The van der Waals surface area contributed by atoms with Crippen LogP contribution in [0.25, 0.3) is 11.0 Å². The van der Waals surface area contributed by atoms with Crippen LogP contribution in [0.4, 0.5) is 0 Å². The lowest BCUT2D eigenvalue weighted by Crippen LogP contribution is -2.26. The maximum Gasteiger partial charge on any atom is 0.326 e. The molecule has 0 saturated heterocycles. The number of hydrogen-bond donors (Lipinski definition) is 0. The Hall–Kier alpha value is -2.42. The molecule has 0 saturated carbocycles. The van der Waals surface area contributed by atoms with Gasteiger partial charge in [-0.05, 0) is 26.8 Å². The Morgan fingerprint density at radius 3 is 2.84 bits per heavy atom. The SMILES string of the molecule is CC(C)(C)OC(=O)Cn1ccc2c(C#N)ncnc21. The first-order chi connectivity index (χ1) is 8.90. The zero-order valence-corrected chi connectivity index (χ0v) is 11.0. The van der Waals surface area contributed by atoms with Crippen molar-refractivity contribution < 1.29 is 9.53 Å². The Kier molecular flexibility index (Phi) is 3.21. The highest BCUT2D eigenvalue weighted by Crippen LogP contribution is 2.16. The third kappa shape index (κ3) is 2.88. The van der Waals surface area contributed by atoms with E-state index in [0.29, 0.717) is 16.7 Å². The van der Waals surface area contributed by atoms with Crippen molar-refractivity contribution in [3.8, 4) is 6.07 Å². The number of carbonyl (C=O) groups excluding carboxylic acids is 1. The van der Waals surface area contributed by atoms with Gasteiger partial charge in [-0.1, -0.05) is 0 Å². The highest BCUT2D eigenvalue weighted by molar-refractivity contribution is 5.82. The normalized spacial score (nSPS) is 11.3. The van der Waals surface area contributed by atoms with E-state index in [0.717, 1.165) is 0 Å². The highest BCUT2D eigenvalue weighted by atomic mass is 16.6. The number of nitriles is 1. The first kappa shape index (κ1) is 13.0. The Morgan fingerprint density at radius 2 is 2.21 bits per heavy atom. The summed E-state index contributed by atoms with van der Waals surface area (Å²) in [5, 5.41) is 9.57. The fourth-order valence-electron chi connectivity index (χ4n) is 1.73. The summed E-state index contributed by atoms with van der Waals surface area (Å²) < 4.78 is 6.89. The van der Waals surface area contributed by atoms with Gasteiger partial charge in [0.1, 0.15) is 30.2 Å². The van der Waals surface area contributed by atoms with E-state index in [9.17, 15) is 4.79 Å². The molecule has 2 aromatic rings. The molecule has 0 aromatic carbocycles. The van der Waals surface area contributed by atoms with Gasteiger partial charge in [0.15, 0.2) is 5.69 Å². The monoisotopic (exact) mass is 258 g/mol. The van der Waals surface area contributed by atoms with Crippen molar-refractivity contribution in [2.75, 3.05) is 0 Å². The van der Waals surface area contributed by atoms with Gasteiger partial charge in [0.25, 0.3) is 0 Å². The number of fused-ring (bicyclic) bond motifs is 1. The number of ether oxygens (including phenoxy) is 1. The molecule has 0 bridgehead atoms. The molecule has 6 heteroatoms. The predicted octanol–water partition coefficient (Wildman–Crippen LogP) is 1.64. The molecule has 2 rings (SSSR count). The Balaban J connectivity index is 2.28. The molecule has 0 spiro atoms. The Bertz CT molecular complexity index is 661. The third-order valence-electron chi connectivity index (χ3n) is 2.38. The molecule has 0 unspecified atom stereocenters. The van der Waals surface area contributed by atoms with Crippen molar-refractivity contribution in [2.45, 2.75) is 32.9 Å². The van der Waals surface area contributed by atoms with Crippen molar-refractivity contribution >= 4 is 17.0 Å². The summed E-state index contributed by atoms with van der Waals surface area (Å²) in [4.78, 5) is 19.7. The second-order valence-corrected chi connectivity index (χ2v) is 5.10. The highest BCUT2D eigenvalue weighted by Gasteiger charge is 2.17. The van der Waals surface area contributed by atoms with Gasteiger partial charge in [-0.3, -0.25) is 4.79 Å². The van der Waals surface area contributed by atoms with Crippen molar-refractivity contribution in [3.63, 3.8) is 0 Å². The minimum atomic E-state index is -0.521. The summed E-state index contributed by atoms with van der Waals surface area (Å²) in [6.45, 7) is 5.50. The van der Waals surface area contributed by atoms with Crippen LogP contribution in [0.1, 0.15) is 26.5 Å². The fraction of sp³-hybridized carbons (Fsp3) is 0.385. The molecule has 0 amide bonds. The lowest BCUT2D eigenvalue weighted by Gasteiger charge is -2.19. The van der Waals surface area contributed by atoms with Crippen molar-refractivity contribution in [3.05, 3.63) is 24.3 Å². The molecule has 19 heavy (non-hydrogen) atoms. The van der Waals surface area contributed by atoms with Gasteiger partial charge in [-0.25, -0.2) is 9.97 Å². The molecule has 98 valence electrons. The van der Waals surface area contributed by atoms with E-state index in [1.165, 1.54) is 6.33 Å². The second-order valence-electron chi connectivity index (χ2n) is 5.10. The molecule has 0 aliphatic rings. The molecular formula is C13H14N4O2. The lowest BCUT2D eigenvalue weighted by atomic mass is 10.2. The van der Waals surface area contributed by atoms with Crippen LogP contribution in [0, 0.1) is 11.3 Å². The van der Waals surface area contributed by atoms with Crippen molar-refractivity contribution in [2.24, 2.45) is 0 Å². The van der Waals surface area contributed by atoms with Gasteiger partial charge in [0.05, 0.1) is 5.39 Å². The number of hydrogen-bond acceptors (Lipinski definition) is 5. The van der Waals surface area contributed by atoms with Gasteiger partial charge in [-0.2, -0.15) is 5.26 Å². The van der Waals surface area contributed by atoms with Crippen LogP contribution < -0.4 is 0 Å². The zero-order valence-electron chi connectivity index (χ0n) is 11.0. The molecular weight excluding hydrogens is 244 g/mol. The first-order valence-electron chi connectivity index (χ1n) is 5.82. The zero-order chi connectivity index (χ0) is 14.0. The van der Waals surface area contributed by atoms with Crippen LogP contribution in [0.3, 0.4) is 0 Å². The van der Waals surface area contributed by atoms with Crippen LogP contribution in [0.2, 0.25) is 0 Å². The third-order valence-corrected chi connectivity index (χ3v) is 2.38. The topological polar surface area (TPSA) is 80.8 Å². The molecule has 0 aliphatic heterocycles. The number of aromatic nitrogens is 3. The molecule has 2 aromatic heterocycles. The van der Waals surface area contributed by atoms with E-state index >= 15 is 0 Å². The Labute approximate surface area is 110 Å². The van der Waals surface area contributed by atoms with E-state index in [2.05, 4.69) is 9.97 Å². The maximum atomic E-state index is 11.8. The molecule has 6 nitrogen and oxygen atoms in total. The second kappa shape index (κ2) is 4.69. The number of carbonyl (C=O) groups is 1. The summed E-state index contributed by atoms with van der Waals surface area (Å²) >= 11 is 0. The fourth-order valence-corrected chi connectivity index (χ4v) is 1.73. The summed E-state index contributed by atoms with van der Waals surface area (Å²) in [6, 6.07) is 3.71. The van der Waals surface area contributed by atoms with E-state index < -0.39 is 5.60 Å². The summed E-state index contributed by atoms with van der Waals surface area (Å²) in [5.74, 6) is -0.345. The summed E-state index contributed by atoms with van der Waals surface area (Å²) in [7, 11) is 0. The van der Waals surface area contributed by atoms with Crippen molar-refractivity contribution in [1.82, 2.24) is 14.5 Å². The standard InChI is InChI=1S/C13H14N4O2/c1-13(2,3)19-11(18)7-17-5-4-9-10(6-14)15-8-16-12(9)17/h4-5,8H,7H2,1-3H3. The van der Waals surface area contributed by atoms with Crippen molar-refractivity contribution in [1.29, 1.82) is 5.26 Å². The minimum Gasteiger partial charge on any atom is -0.459 e. The quantitative estimate of drug-likeness (QED) is 0.765. The van der Waals surface area contributed by atoms with Crippen LogP contribution in [-0.2, 0) is 16.1 Å². The van der Waals surface area contributed by atoms with Gasteiger partial charge in [0.2, 0.25) is 0 Å². The van der Waals surface area contributed by atoms with E-state index in [1.807, 2.05) is 26.8 Å². The predicted molar refractivity (Wildman–Crippen MR) is 68.1 cm³/mol. The van der Waals surface area contributed by atoms with Gasteiger partial charge in [0, 0.05) is 6.20 Å². The molecule has 0 aliphatic carbocycles. The molecule has 0 radical (unpaired) electrons. The largest absolute Gasteiger partial charge is 0.459 e. The maximum absolute atomic E-state index is 11.8. The van der Waals surface area contributed by atoms with Gasteiger partial charge >= 0.3 is 5.97 Å². The number of nitrogens with zero attached hydrogens (tertiary/aromatic N) is 4. The molecule has 0 fully saturated rings. The lowest BCUT2D eigenvalue weighted by molar-refractivity contribution is -0.155. The van der Waals surface area contributed by atoms with E-state index in [4.69, 9.17) is 10.00 Å². The molecule has 0 N–H and O–H groups in total. The average Bonchev–Trinajstić information content (AvgIpc) is 2.70. The number of rotatable bonds is 2. The van der Waals surface area contributed by atoms with E-state index in [-0.39, 0.29) is 12.5 Å². The summed E-state index contributed by atoms with van der Waals surface area (Å²) in [5.41, 5.74) is 0.331. The van der Waals surface area contributed by atoms with Crippen LogP contribution in [0.15, 0.2) is 18.6 Å². The molecule has 0 atom stereocenters. The van der Waals surface area contributed by atoms with E-state index in [1.54, 1.807) is 16.8 Å². The average molecular weight is 258 g/mol. The first-order valence-corrected chi connectivity index (χ1v) is 5.82. The molecule has 2 heterocycles. The van der Waals surface area contributed by atoms with Gasteiger partial charge in [-0.15, -0.1) is 0 Å². The van der Waals surface area contributed by atoms with Crippen LogP contribution in [-0.4, -0.2) is 26.1 Å². The smallest absolute Gasteiger partial charge is 0.326 e. The number of esters is 1. The Morgan fingerprint density at radius 1 is 1.47 bits per heavy atom. The van der Waals surface area contributed by atoms with Crippen LogP contribution >= 0.6 is 0 Å².